The minimum absolute atomic E-state index is 0.244. The quantitative estimate of drug-likeness (QED) is 0.653. The lowest BCUT2D eigenvalue weighted by Crippen LogP contribution is -2.22. The van der Waals surface area contributed by atoms with Gasteiger partial charge in [0.15, 0.2) is 0 Å². The SMILES string of the molecule is CCCC(=O)C(CCC)CC(F)(F)F. The number of ketones is 1. The number of carbonyl (C=O) groups is 1. The average molecular weight is 210 g/mol. The van der Waals surface area contributed by atoms with Crippen molar-refractivity contribution in [1.82, 2.24) is 0 Å². The highest BCUT2D eigenvalue weighted by molar-refractivity contribution is 5.80. The molecule has 0 heterocycles. The van der Waals surface area contributed by atoms with Gasteiger partial charge in [0.1, 0.15) is 5.78 Å². The molecular weight excluding hydrogens is 193 g/mol. The number of alkyl halides is 3. The van der Waals surface area contributed by atoms with Gasteiger partial charge in [0.25, 0.3) is 0 Å². The molecule has 1 atom stereocenters. The third-order valence-electron chi connectivity index (χ3n) is 2.07. The van der Waals surface area contributed by atoms with Gasteiger partial charge in [0, 0.05) is 12.3 Å². The molecule has 0 saturated carbocycles. The standard InChI is InChI=1S/C10H17F3O/c1-3-5-8(7-10(11,12)13)9(14)6-4-2/h8H,3-7H2,1-2H3. The van der Waals surface area contributed by atoms with Crippen molar-refractivity contribution < 1.29 is 18.0 Å². The molecule has 0 aliphatic carbocycles. The molecule has 0 aromatic heterocycles. The van der Waals surface area contributed by atoms with Crippen molar-refractivity contribution in [1.29, 1.82) is 0 Å². The summed E-state index contributed by atoms with van der Waals surface area (Å²) in [4.78, 5) is 11.3. The Balaban J connectivity index is 4.21. The Labute approximate surface area is 82.7 Å². The molecule has 0 radical (unpaired) electrons. The topological polar surface area (TPSA) is 17.1 Å². The first kappa shape index (κ1) is 13.5. The molecular formula is C10H17F3O. The summed E-state index contributed by atoms with van der Waals surface area (Å²) in [7, 11) is 0. The molecule has 0 fully saturated rings. The molecule has 0 aliphatic rings. The van der Waals surface area contributed by atoms with Gasteiger partial charge in [-0.2, -0.15) is 13.2 Å². The molecule has 1 nitrogen and oxygen atoms in total. The highest BCUT2D eigenvalue weighted by Crippen LogP contribution is 2.28. The van der Waals surface area contributed by atoms with E-state index in [0.29, 0.717) is 19.3 Å². The summed E-state index contributed by atoms with van der Waals surface area (Å²) >= 11 is 0. The summed E-state index contributed by atoms with van der Waals surface area (Å²) in [5.41, 5.74) is 0. The first-order chi connectivity index (χ1) is 6.40. The van der Waals surface area contributed by atoms with E-state index in [2.05, 4.69) is 0 Å². The summed E-state index contributed by atoms with van der Waals surface area (Å²) in [6.07, 6.45) is -3.32. The van der Waals surface area contributed by atoms with Crippen molar-refractivity contribution in [3.8, 4) is 0 Å². The predicted octanol–water partition coefficient (Wildman–Crippen LogP) is 3.72. The Morgan fingerprint density at radius 2 is 1.79 bits per heavy atom. The van der Waals surface area contributed by atoms with Crippen LogP contribution < -0.4 is 0 Å². The van der Waals surface area contributed by atoms with Gasteiger partial charge in [0.05, 0.1) is 6.42 Å². The lowest BCUT2D eigenvalue weighted by molar-refractivity contribution is -0.153. The summed E-state index contributed by atoms with van der Waals surface area (Å²) in [6, 6.07) is 0. The third kappa shape index (κ3) is 6.00. The smallest absolute Gasteiger partial charge is 0.299 e. The van der Waals surface area contributed by atoms with E-state index in [1.165, 1.54) is 0 Å². The Morgan fingerprint density at radius 1 is 1.21 bits per heavy atom. The monoisotopic (exact) mass is 210 g/mol. The maximum atomic E-state index is 12.1. The Morgan fingerprint density at radius 3 is 2.14 bits per heavy atom. The van der Waals surface area contributed by atoms with E-state index in [0.717, 1.165) is 0 Å². The number of hydrogen-bond acceptors (Lipinski definition) is 1. The van der Waals surface area contributed by atoms with Gasteiger partial charge >= 0.3 is 6.18 Å². The molecule has 0 aromatic rings. The van der Waals surface area contributed by atoms with Gasteiger partial charge in [-0.25, -0.2) is 0 Å². The highest BCUT2D eigenvalue weighted by atomic mass is 19.4. The van der Waals surface area contributed by atoms with Crippen LogP contribution in [0.3, 0.4) is 0 Å². The van der Waals surface area contributed by atoms with Crippen LogP contribution in [-0.4, -0.2) is 12.0 Å². The first-order valence-corrected chi connectivity index (χ1v) is 5.00. The maximum Gasteiger partial charge on any atom is 0.389 e. The number of Topliss-reactive ketones (excluding diaryl/α,β-unsaturated/α-hetero) is 1. The molecule has 0 saturated heterocycles. The predicted molar refractivity (Wildman–Crippen MR) is 49.0 cm³/mol. The van der Waals surface area contributed by atoms with Crippen LogP contribution in [0.4, 0.5) is 13.2 Å². The summed E-state index contributed by atoms with van der Waals surface area (Å²) in [5, 5.41) is 0. The lowest BCUT2D eigenvalue weighted by atomic mass is 9.92. The van der Waals surface area contributed by atoms with Crippen LogP contribution in [0.5, 0.6) is 0 Å². The Hall–Kier alpha value is -0.540. The number of halogens is 3. The number of rotatable bonds is 6. The van der Waals surface area contributed by atoms with E-state index >= 15 is 0 Å². The van der Waals surface area contributed by atoms with E-state index in [-0.39, 0.29) is 12.2 Å². The van der Waals surface area contributed by atoms with Crippen LogP contribution in [0, 0.1) is 5.92 Å². The lowest BCUT2D eigenvalue weighted by Gasteiger charge is -2.16. The van der Waals surface area contributed by atoms with Gasteiger partial charge in [0.2, 0.25) is 0 Å². The summed E-state index contributed by atoms with van der Waals surface area (Å²) in [6.45, 7) is 3.59. The zero-order valence-corrected chi connectivity index (χ0v) is 8.66. The second kappa shape index (κ2) is 6.04. The van der Waals surface area contributed by atoms with E-state index in [1.54, 1.807) is 13.8 Å². The molecule has 0 bridgehead atoms. The second-order valence-electron chi connectivity index (χ2n) is 3.52. The maximum absolute atomic E-state index is 12.1. The van der Waals surface area contributed by atoms with E-state index in [4.69, 9.17) is 0 Å². The molecule has 0 aromatic carbocycles. The summed E-state index contributed by atoms with van der Waals surface area (Å²) < 4.78 is 36.2. The normalized spacial score (nSPS) is 14.1. The molecule has 84 valence electrons. The van der Waals surface area contributed by atoms with Crippen molar-refractivity contribution >= 4 is 5.78 Å². The number of hydrogen-bond donors (Lipinski definition) is 0. The molecule has 14 heavy (non-hydrogen) atoms. The largest absolute Gasteiger partial charge is 0.389 e. The average Bonchev–Trinajstić information content (AvgIpc) is 2.01. The highest BCUT2D eigenvalue weighted by Gasteiger charge is 2.34. The zero-order valence-electron chi connectivity index (χ0n) is 8.66. The molecule has 0 rings (SSSR count). The van der Waals surface area contributed by atoms with Crippen LogP contribution in [0.2, 0.25) is 0 Å². The van der Waals surface area contributed by atoms with Gasteiger partial charge in [-0.1, -0.05) is 20.3 Å². The van der Waals surface area contributed by atoms with Crippen molar-refractivity contribution in [2.45, 2.75) is 52.1 Å². The fourth-order valence-electron chi connectivity index (χ4n) is 1.46. The molecule has 0 amide bonds. The zero-order chi connectivity index (χ0) is 11.2. The molecule has 4 heteroatoms. The summed E-state index contributed by atoms with van der Waals surface area (Å²) in [5.74, 6) is -1.06. The second-order valence-corrected chi connectivity index (χ2v) is 3.52. The number of carbonyl (C=O) groups excluding carboxylic acids is 1. The van der Waals surface area contributed by atoms with Crippen molar-refractivity contribution in [3.05, 3.63) is 0 Å². The molecule has 0 N–H and O–H groups in total. The van der Waals surface area contributed by atoms with Crippen LogP contribution >= 0.6 is 0 Å². The van der Waals surface area contributed by atoms with E-state index < -0.39 is 18.5 Å². The molecule has 0 spiro atoms. The molecule has 0 aliphatic heterocycles. The van der Waals surface area contributed by atoms with Crippen molar-refractivity contribution in [2.24, 2.45) is 5.92 Å². The fraction of sp³-hybridized carbons (Fsp3) is 0.900. The van der Waals surface area contributed by atoms with Gasteiger partial charge in [-0.05, 0) is 12.8 Å². The van der Waals surface area contributed by atoms with E-state index in [1.807, 2.05) is 0 Å². The minimum atomic E-state index is -4.22. The van der Waals surface area contributed by atoms with Crippen molar-refractivity contribution in [2.75, 3.05) is 0 Å². The molecule has 1 unspecified atom stereocenters. The Bertz CT molecular complexity index is 175. The third-order valence-corrected chi connectivity index (χ3v) is 2.07. The minimum Gasteiger partial charge on any atom is -0.299 e. The van der Waals surface area contributed by atoms with Crippen LogP contribution in [0.25, 0.3) is 0 Å². The van der Waals surface area contributed by atoms with Crippen molar-refractivity contribution in [3.63, 3.8) is 0 Å². The van der Waals surface area contributed by atoms with Gasteiger partial charge in [-0.15, -0.1) is 0 Å². The fourth-order valence-corrected chi connectivity index (χ4v) is 1.46. The first-order valence-electron chi connectivity index (χ1n) is 5.00. The van der Waals surface area contributed by atoms with Crippen LogP contribution in [-0.2, 0) is 4.79 Å². The van der Waals surface area contributed by atoms with Gasteiger partial charge < -0.3 is 0 Å². The van der Waals surface area contributed by atoms with Gasteiger partial charge in [-0.3, -0.25) is 4.79 Å². The van der Waals surface area contributed by atoms with Crippen LogP contribution in [0.15, 0.2) is 0 Å². The van der Waals surface area contributed by atoms with E-state index in [9.17, 15) is 18.0 Å². The Kier molecular flexibility index (Phi) is 5.81. The van der Waals surface area contributed by atoms with Crippen LogP contribution in [0.1, 0.15) is 46.0 Å².